The normalized spacial score (nSPS) is 17.4. The molecule has 3 nitrogen and oxygen atoms in total. The number of hydrogen-bond donors (Lipinski definition) is 0. The van der Waals surface area contributed by atoms with Gasteiger partial charge in [0.25, 0.3) is 0 Å². The molecule has 1 aliphatic heterocycles. The molecule has 1 aromatic heterocycles. The lowest BCUT2D eigenvalue weighted by molar-refractivity contribution is -0.133. The Labute approximate surface area is 87.8 Å². The lowest BCUT2D eigenvalue weighted by Crippen LogP contribution is -2.36. The van der Waals surface area contributed by atoms with Gasteiger partial charge in [-0.2, -0.15) is 0 Å². The monoisotopic (exact) mass is 210 g/mol. The molecule has 1 aliphatic rings. The van der Waals surface area contributed by atoms with E-state index in [1.165, 1.54) is 0 Å². The minimum absolute atomic E-state index is 0.313. The highest BCUT2D eigenvalue weighted by Gasteiger charge is 2.17. The number of likely N-dealkylation sites (tertiary alicyclic amines) is 1. The van der Waals surface area contributed by atoms with E-state index in [4.69, 9.17) is 0 Å². The molecule has 2 heterocycles. The van der Waals surface area contributed by atoms with Gasteiger partial charge >= 0.3 is 0 Å². The van der Waals surface area contributed by atoms with Crippen LogP contribution in [0.1, 0.15) is 24.3 Å². The highest BCUT2D eigenvalue weighted by atomic mass is 32.1. The summed E-state index contributed by atoms with van der Waals surface area (Å²) in [6.45, 7) is 1.77. The fraction of sp³-hybridized carbons (Fsp3) is 0.600. The quantitative estimate of drug-likeness (QED) is 0.760. The second-order valence-corrected chi connectivity index (χ2v) is 4.49. The maximum Gasteiger partial charge on any atom is 0.222 e. The third-order valence-corrected chi connectivity index (χ3v) is 3.34. The van der Waals surface area contributed by atoms with E-state index in [-0.39, 0.29) is 0 Å². The van der Waals surface area contributed by atoms with E-state index < -0.39 is 0 Å². The topological polar surface area (TPSA) is 33.2 Å². The molecule has 76 valence electrons. The molecule has 1 saturated heterocycles. The van der Waals surface area contributed by atoms with Crippen molar-refractivity contribution in [2.75, 3.05) is 13.1 Å². The Hall–Kier alpha value is -0.900. The van der Waals surface area contributed by atoms with Crippen LogP contribution in [-0.4, -0.2) is 28.9 Å². The standard InChI is InChI=1S/C10H14N2OS/c13-10-3-1-2-6-12(10)7-4-9-11-5-8-14-9/h5,8H,1-4,6-7H2. The first kappa shape index (κ1) is 9.65. The van der Waals surface area contributed by atoms with E-state index in [0.29, 0.717) is 5.91 Å². The predicted molar refractivity (Wildman–Crippen MR) is 56.2 cm³/mol. The molecular weight excluding hydrogens is 196 g/mol. The zero-order valence-electron chi connectivity index (χ0n) is 8.11. The Balaban J connectivity index is 1.82. The summed E-state index contributed by atoms with van der Waals surface area (Å²) in [7, 11) is 0. The summed E-state index contributed by atoms with van der Waals surface area (Å²) in [5, 5.41) is 3.11. The van der Waals surface area contributed by atoms with Gasteiger partial charge in [0.05, 0.1) is 5.01 Å². The fourth-order valence-electron chi connectivity index (χ4n) is 1.71. The Morgan fingerprint density at radius 1 is 1.50 bits per heavy atom. The zero-order chi connectivity index (χ0) is 9.80. The molecule has 0 bridgehead atoms. The summed E-state index contributed by atoms with van der Waals surface area (Å²) in [4.78, 5) is 17.6. The SMILES string of the molecule is O=C1CCCCN1CCc1nccs1. The van der Waals surface area contributed by atoms with Crippen molar-refractivity contribution in [3.63, 3.8) is 0 Å². The molecule has 0 atom stereocenters. The number of amides is 1. The van der Waals surface area contributed by atoms with Gasteiger partial charge in [0, 0.05) is 37.5 Å². The Morgan fingerprint density at radius 3 is 3.14 bits per heavy atom. The molecule has 0 aliphatic carbocycles. The molecule has 1 fully saturated rings. The van der Waals surface area contributed by atoms with Gasteiger partial charge in [0.15, 0.2) is 0 Å². The molecule has 1 aromatic rings. The molecule has 2 rings (SSSR count). The van der Waals surface area contributed by atoms with Gasteiger partial charge in [-0.3, -0.25) is 4.79 Å². The van der Waals surface area contributed by atoms with Crippen LogP contribution >= 0.6 is 11.3 Å². The molecule has 4 heteroatoms. The summed E-state index contributed by atoms with van der Waals surface area (Å²) in [6, 6.07) is 0. The first-order chi connectivity index (χ1) is 6.86. The number of nitrogens with zero attached hydrogens (tertiary/aromatic N) is 2. The summed E-state index contributed by atoms with van der Waals surface area (Å²) in [5.74, 6) is 0.313. The van der Waals surface area contributed by atoms with Gasteiger partial charge in [0.1, 0.15) is 0 Å². The van der Waals surface area contributed by atoms with Crippen molar-refractivity contribution >= 4 is 17.2 Å². The fourth-order valence-corrected chi connectivity index (χ4v) is 2.31. The average molecular weight is 210 g/mol. The number of carbonyl (C=O) groups is 1. The molecule has 0 unspecified atom stereocenters. The smallest absolute Gasteiger partial charge is 0.222 e. The Kier molecular flexibility index (Phi) is 3.14. The van der Waals surface area contributed by atoms with Crippen LogP contribution in [0.4, 0.5) is 0 Å². The molecule has 1 amide bonds. The van der Waals surface area contributed by atoms with Crippen LogP contribution in [-0.2, 0) is 11.2 Å². The summed E-state index contributed by atoms with van der Waals surface area (Å²) < 4.78 is 0. The maximum absolute atomic E-state index is 11.5. The molecule has 0 radical (unpaired) electrons. The molecule has 14 heavy (non-hydrogen) atoms. The van der Waals surface area contributed by atoms with Crippen molar-refractivity contribution in [2.24, 2.45) is 0 Å². The zero-order valence-corrected chi connectivity index (χ0v) is 8.92. The predicted octanol–water partition coefficient (Wildman–Crippen LogP) is 1.70. The van der Waals surface area contributed by atoms with E-state index in [1.807, 2.05) is 16.5 Å². The number of thiazole rings is 1. The van der Waals surface area contributed by atoms with Crippen molar-refractivity contribution in [2.45, 2.75) is 25.7 Å². The van der Waals surface area contributed by atoms with Gasteiger partial charge in [-0.25, -0.2) is 4.98 Å². The van der Waals surface area contributed by atoms with E-state index >= 15 is 0 Å². The van der Waals surface area contributed by atoms with Crippen molar-refractivity contribution < 1.29 is 4.79 Å². The average Bonchev–Trinajstić information content (AvgIpc) is 2.69. The highest BCUT2D eigenvalue weighted by Crippen LogP contribution is 2.12. The minimum Gasteiger partial charge on any atom is -0.342 e. The Bertz CT molecular complexity index is 297. The second kappa shape index (κ2) is 4.55. The van der Waals surface area contributed by atoms with Gasteiger partial charge < -0.3 is 4.90 Å². The number of rotatable bonds is 3. The van der Waals surface area contributed by atoms with E-state index in [9.17, 15) is 4.79 Å². The van der Waals surface area contributed by atoms with Gasteiger partial charge in [-0.15, -0.1) is 11.3 Å². The third kappa shape index (κ3) is 2.32. The van der Waals surface area contributed by atoms with Gasteiger partial charge in [-0.05, 0) is 12.8 Å². The van der Waals surface area contributed by atoms with Crippen molar-refractivity contribution in [3.8, 4) is 0 Å². The molecule has 0 spiro atoms. The number of piperidine rings is 1. The third-order valence-electron chi connectivity index (χ3n) is 2.50. The van der Waals surface area contributed by atoms with Crippen molar-refractivity contribution in [3.05, 3.63) is 16.6 Å². The van der Waals surface area contributed by atoms with Crippen molar-refractivity contribution in [1.29, 1.82) is 0 Å². The molecular formula is C10H14N2OS. The van der Waals surface area contributed by atoms with Crippen LogP contribution in [0.5, 0.6) is 0 Å². The van der Waals surface area contributed by atoms with E-state index in [2.05, 4.69) is 4.98 Å². The van der Waals surface area contributed by atoms with Crippen LogP contribution in [0, 0.1) is 0 Å². The first-order valence-electron chi connectivity index (χ1n) is 5.02. The first-order valence-corrected chi connectivity index (χ1v) is 5.90. The van der Waals surface area contributed by atoms with Crippen LogP contribution in [0.25, 0.3) is 0 Å². The lowest BCUT2D eigenvalue weighted by atomic mass is 10.1. The summed E-state index contributed by atoms with van der Waals surface area (Å²) in [6.07, 6.45) is 5.68. The largest absolute Gasteiger partial charge is 0.342 e. The Morgan fingerprint density at radius 2 is 2.43 bits per heavy atom. The van der Waals surface area contributed by atoms with Crippen LogP contribution < -0.4 is 0 Å². The summed E-state index contributed by atoms with van der Waals surface area (Å²) >= 11 is 1.66. The maximum atomic E-state index is 11.5. The van der Waals surface area contributed by atoms with Crippen LogP contribution in [0.3, 0.4) is 0 Å². The van der Waals surface area contributed by atoms with Crippen LogP contribution in [0.2, 0.25) is 0 Å². The minimum atomic E-state index is 0.313. The van der Waals surface area contributed by atoms with E-state index in [0.717, 1.165) is 43.8 Å². The highest BCUT2D eigenvalue weighted by molar-refractivity contribution is 7.09. The number of aromatic nitrogens is 1. The second-order valence-electron chi connectivity index (χ2n) is 3.51. The number of hydrogen-bond acceptors (Lipinski definition) is 3. The van der Waals surface area contributed by atoms with Crippen molar-refractivity contribution in [1.82, 2.24) is 9.88 Å². The van der Waals surface area contributed by atoms with E-state index in [1.54, 1.807) is 11.3 Å². The van der Waals surface area contributed by atoms with Gasteiger partial charge in [-0.1, -0.05) is 0 Å². The summed E-state index contributed by atoms with van der Waals surface area (Å²) in [5.41, 5.74) is 0. The molecule has 0 aromatic carbocycles. The molecule has 0 N–H and O–H groups in total. The van der Waals surface area contributed by atoms with Gasteiger partial charge in [0.2, 0.25) is 5.91 Å². The molecule has 0 saturated carbocycles. The lowest BCUT2D eigenvalue weighted by Gasteiger charge is -2.26. The number of carbonyl (C=O) groups excluding carboxylic acids is 1. The van der Waals surface area contributed by atoms with Crippen LogP contribution in [0.15, 0.2) is 11.6 Å².